The van der Waals surface area contributed by atoms with Crippen molar-refractivity contribution in [1.29, 1.82) is 0 Å². The number of nitrogens with one attached hydrogen (secondary N) is 1. The van der Waals surface area contributed by atoms with Gasteiger partial charge in [0, 0.05) is 37.9 Å². The van der Waals surface area contributed by atoms with Gasteiger partial charge < -0.3 is 19.7 Å². The number of halogens is 1. The molecular formula is C29H33ClN4O3. The highest BCUT2D eigenvalue weighted by atomic mass is 35.5. The van der Waals surface area contributed by atoms with Crippen LogP contribution in [0.15, 0.2) is 96.6 Å². The molecule has 5 rings (SSSR count). The number of hydrogen-bond donors (Lipinski definition) is 1. The van der Waals surface area contributed by atoms with E-state index in [2.05, 4.69) is 38.3 Å². The molecule has 194 valence electrons. The van der Waals surface area contributed by atoms with Gasteiger partial charge in [0.25, 0.3) is 5.91 Å². The number of aryl methyl sites for hydroxylation is 1. The average molecular weight is 521 g/mol. The Balaban J connectivity index is 0.00000320. The van der Waals surface area contributed by atoms with Crippen LogP contribution in [0.5, 0.6) is 0 Å². The highest BCUT2D eigenvalue weighted by molar-refractivity contribution is 6.03. The van der Waals surface area contributed by atoms with Gasteiger partial charge in [0.1, 0.15) is 12.1 Å². The first kappa shape index (κ1) is 26.5. The van der Waals surface area contributed by atoms with Gasteiger partial charge in [0.15, 0.2) is 12.0 Å². The maximum atomic E-state index is 12.4. The summed E-state index contributed by atoms with van der Waals surface area (Å²) in [5, 5.41) is 2.82. The number of rotatable bonds is 8. The van der Waals surface area contributed by atoms with Gasteiger partial charge in [-0.3, -0.25) is 9.69 Å². The Morgan fingerprint density at radius 2 is 1.84 bits per heavy atom. The molecule has 0 bridgehead atoms. The largest absolute Gasteiger partial charge is 0.456 e. The summed E-state index contributed by atoms with van der Waals surface area (Å²) < 4.78 is 11.8. The maximum Gasteiger partial charge on any atom is 0.256 e. The molecule has 0 atom stereocenters. The number of aromatic nitrogens is 1. The molecule has 1 aromatic carbocycles. The molecular weight excluding hydrogens is 488 g/mol. The lowest BCUT2D eigenvalue weighted by molar-refractivity contribution is 0.0842. The lowest BCUT2D eigenvalue weighted by Gasteiger charge is -2.36. The van der Waals surface area contributed by atoms with E-state index in [-0.39, 0.29) is 18.3 Å². The molecule has 1 aliphatic carbocycles. The first-order chi connectivity index (χ1) is 17.7. The molecule has 3 heterocycles. The first-order valence-corrected chi connectivity index (χ1v) is 12.6. The molecule has 1 aromatic heterocycles. The van der Waals surface area contributed by atoms with Crippen molar-refractivity contribution in [3.63, 3.8) is 0 Å². The van der Waals surface area contributed by atoms with Crippen molar-refractivity contribution in [3.8, 4) is 0 Å². The topological polar surface area (TPSA) is 66.9 Å². The van der Waals surface area contributed by atoms with Gasteiger partial charge in [-0.1, -0.05) is 36.4 Å². The zero-order valence-electron chi connectivity index (χ0n) is 20.8. The Kier molecular flexibility index (Phi) is 9.40. The number of allylic oxidation sites excluding steroid dienone is 4. The van der Waals surface area contributed by atoms with Crippen molar-refractivity contribution in [2.45, 2.75) is 25.7 Å². The number of nitrogens with zero attached hydrogens (tertiary/aromatic N) is 3. The van der Waals surface area contributed by atoms with E-state index in [4.69, 9.17) is 9.47 Å². The van der Waals surface area contributed by atoms with Crippen molar-refractivity contribution in [2.24, 2.45) is 0 Å². The second-order valence-electron chi connectivity index (χ2n) is 9.13. The minimum atomic E-state index is -0.143. The molecule has 37 heavy (non-hydrogen) atoms. The van der Waals surface area contributed by atoms with Gasteiger partial charge in [-0.05, 0) is 67.6 Å². The number of carbonyl (C=O) groups is 1. The number of pyridine rings is 1. The minimum absolute atomic E-state index is 0. The molecule has 2 aliphatic heterocycles. The maximum absolute atomic E-state index is 12.4. The van der Waals surface area contributed by atoms with Crippen LogP contribution in [0.3, 0.4) is 0 Å². The fraction of sp³-hybridized carbons (Fsp3) is 0.310. The van der Waals surface area contributed by atoms with Crippen molar-refractivity contribution >= 4 is 24.1 Å². The Morgan fingerprint density at radius 1 is 1.00 bits per heavy atom. The highest BCUT2D eigenvalue weighted by Gasteiger charge is 2.22. The van der Waals surface area contributed by atoms with Crippen LogP contribution in [-0.4, -0.2) is 53.4 Å². The van der Waals surface area contributed by atoms with Gasteiger partial charge in [0.2, 0.25) is 5.88 Å². The van der Waals surface area contributed by atoms with Crippen LogP contribution in [0.2, 0.25) is 0 Å². The Labute approximate surface area is 224 Å². The number of anilines is 1. The van der Waals surface area contributed by atoms with Crippen LogP contribution in [-0.2, 0) is 15.9 Å². The first-order valence-electron chi connectivity index (χ1n) is 12.6. The fourth-order valence-electron chi connectivity index (χ4n) is 4.54. The van der Waals surface area contributed by atoms with Crippen LogP contribution in [0.25, 0.3) is 0 Å². The third-order valence-corrected chi connectivity index (χ3v) is 6.65. The van der Waals surface area contributed by atoms with Gasteiger partial charge in [-0.2, -0.15) is 0 Å². The number of amides is 1. The Bertz CT molecular complexity index is 1170. The van der Waals surface area contributed by atoms with Crippen LogP contribution in [0.4, 0.5) is 5.82 Å². The predicted octanol–water partition coefficient (Wildman–Crippen LogP) is 5.27. The molecule has 0 spiro atoms. The smallest absolute Gasteiger partial charge is 0.256 e. The molecule has 0 radical (unpaired) electrons. The van der Waals surface area contributed by atoms with Crippen molar-refractivity contribution < 1.29 is 14.3 Å². The molecule has 3 aliphatic rings. The summed E-state index contributed by atoms with van der Waals surface area (Å²) in [5.41, 5.74) is 3.06. The summed E-state index contributed by atoms with van der Waals surface area (Å²) in [4.78, 5) is 21.3. The Hall–Kier alpha value is -3.55. The lowest BCUT2D eigenvalue weighted by atomic mass is 10.0. The molecule has 0 unspecified atom stereocenters. The second-order valence-corrected chi connectivity index (χ2v) is 9.13. The molecule has 1 N–H and O–H groups in total. The second kappa shape index (κ2) is 13.1. The van der Waals surface area contributed by atoms with Gasteiger partial charge in [0.05, 0.1) is 0 Å². The molecule has 1 amide bonds. The van der Waals surface area contributed by atoms with E-state index in [1.807, 2.05) is 36.4 Å². The summed E-state index contributed by atoms with van der Waals surface area (Å²) in [6.07, 6.45) is 15.6. The molecule has 8 heteroatoms. The summed E-state index contributed by atoms with van der Waals surface area (Å²) in [5.74, 6) is 2.01. The van der Waals surface area contributed by atoms with E-state index >= 15 is 0 Å². The van der Waals surface area contributed by atoms with E-state index in [9.17, 15) is 4.79 Å². The minimum Gasteiger partial charge on any atom is -0.456 e. The number of piperazine rings is 1. The lowest BCUT2D eigenvalue weighted by Crippen LogP contribution is -2.46. The third-order valence-electron chi connectivity index (χ3n) is 6.65. The standard InChI is InChI=1S/C29H32N4O3.ClH/c34-29(31-27-10-4-5-15-30-27)25-13-11-23(12-14-25)7-6-16-32-17-19-33(20-18-32)28-22-35-26(21-36-28)24-8-2-1-3-9-24;/h1-2,4-5,8,10-15,21-22H,3,6-7,9,16-20H2,(H,30,31,34);1H. The van der Waals surface area contributed by atoms with Gasteiger partial charge in [-0.25, -0.2) is 4.98 Å². The molecule has 1 fully saturated rings. The SMILES string of the molecule is Cl.O=C(Nc1ccccn1)c1ccc(CCCN2CCN(C3=COC(C4=CC=CCC4)=CO3)CC2)cc1. The third kappa shape index (κ3) is 7.24. The number of hydrogen-bond acceptors (Lipinski definition) is 6. The average Bonchev–Trinajstić information content (AvgIpc) is 2.95. The zero-order chi connectivity index (χ0) is 24.6. The molecule has 7 nitrogen and oxygen atoms in total. The van der Waals surface area contributed by atoms with Crippen molar-refractivity contribution in [2.75, 3.05) is 38.0 Å². The van der Waals surface area contributed by atoms with Crippen molar-refractivity contribution in [3.05, 3.63) is 108 Å². The predicted molar refractivity (Wildman–Crippen MR) is 147 cm³/mol. The van der Waals surface area contributed by atoms with E-state index in [0.29, 0.717) is 11.4 Å². The van der Waals surface area contributed by atoms with Gasteiger partial charge >= 0.3 is 0 Å². The number of ether oxygens (including phenoxy) is 2. The monoisotopic (exact) mass is 520 g/mol. The van der Waals surface area contributed by atoms with E-state index in [0.717, 1.165) is 70.0 Å². The molecule has 0 saturated carbocycles. The van der Waals surface area contributed by atoms with Crippen LogP contribution >= 0.6 is 12.4 Å². The van der Waals surface area contributed by atoms with E-state index in [1.54, 1.807) is 24.8 Å². The normalized spacial score (nSPS) is 17.4. The molecule has 2 aromatic rings. The van der Waals surface area contributed by atoms with E-state index < -0.39 is 0 Å². The summed E-state index contributed by atoms with van der Waals surface area (Å²) >= 11 is 0. The van der Waals surface area contributed by atoms with E-state index in [1.165, 1.54) is 11.1 Å². The quantitative estimate of drug-likeness (QED) is 0.511. The fourth-order valence-corrected chi connectivity index (χ4v) is 4.54. The van der Waals surface area contributed by atoms with Gasteiger partial charge in [-0.15, -0.1) is 12.4 Å². The Morgan fingerprint density at radius 3 is 2.51 bits per heavy atom. The van der Waals surface area contributed by atoms with Crippen LogP contribution in [0.1, 0.15) is 35.2 Å². The molecule has 1 saturated heterocycles. The van der Waals surface area contributed by atoms with Crippen LogP contribution in [0, 0.1) is 0 Å². The number of carbonyl (C=O) groups excluding carboxylic acids is 1. The summed E-state index contributed by atoms with van der Waals surface area (Å²) in [6.45, 7) is 4.89. The van der Waals surface area contributed by atoms with Crippen molar-refractivity contribution in [1.82, 2.24) is 14.8 Å². The highest BCUT2D eigenvalue weighted by Crippen LogP contribution is 2.26. The zero-order valence-corrected chi connectivity index (χ0v) is 21.7. The summed E-state index contributed by atoms with van der Waals surface area (Å²) in [7, 11) is 0. The van der Waals surface area contributed by atoms with Crippen LogP contribution < -0.4 is 5.32 Å². The number of benzene rings is 1. The summed E-state index contributed by atoms with van der Waals surface area (Å²) in [6, 6.07) is 13.3.